The van der Waals surface area contributed by atoms with Gasteiger partial charge in [-0.05, 0) is 68.3 Å². The number of Topliss-reactive ketones (excluding diaryl/α,β-unsaturated/α-hetero) is 1. The minimum atomic E-state index is -0.649. The number of ether oxygens (including phenoxy) is 1. The second kappa shape index (κ2) is 9.49. The Labute approximate surface area is 183 Å². The molecule has 2 amide bonds. The maximum Gasteiger partial charge on any atom is 0.251 e. The van der Waals surface area contributed by atoms with E-state index in [-0.39, 0.29) is 36.2 Å². The lowest BCUT2D eigenvalue weighted by atomic mass is 9.90. The van der Waals surface area contributed by atoms with Crippen LogP contribution in [0.5, 0.6) is 0 Å². The van der Waals surface area contributed by atoms with Gasteiger partial charge in [0.05, 0.1) is 6.10 Å². The summed E-state index contributed by atoms with van der Waals surface area (Å²) in [7, 11) is 0. The number of benzene rings is 1. The summed E-state index contributed by atoms with van der Waals surface area (Å²) in [6.07, 6.45) is 3.21. The van der Waals surface area contributed by atoms with Crippen molar-refractivity contribution in [3.8, 4) is 0 Å². The number of nitrogens with one attached hydrogen (secondary N) is 2. The predicted molar refractivity (Wildman–Crippen MR) is 117 cm³/mol. The fourth-order valence-corrected chi connectivity index (χ4v) is 5.04. The van der Waals surface area contributed by atoms with E-state index in [2.05, 4.69) is 10.6 Å². The van der Waals surface area contributed by atoms with Crippen LogP contribution in [0.4, 0.5) is 0 Å². The molecule has 2 N–H and O–H groups in total. The Morgan fingerprint density at radius 1 is 1.16 bits per heavy atom. The molecule has 4 rings (SSSR count). The summed E-state index contributed by atoms with van der Waals surface area (Å²) in [5.41, 5.74) is 1.81. The molecule has 0 bridgehead atoms. The number of nitrogens with zero attached hydrogens (tertiary/aromatic N) is 1. The number of fused-ring (bicyclic) bond motifs is 1. The van der Waals surface area contributed by atoms with E-state index in [4.69, 9.17) is 4.74 Å². The highest BCUT2D eigenvalue weighted by atomic mass is 16.5. The van der Waals surface area contributed by atoms with Crippen molar-refractivity contribution >= 4 is 17.6 Å². The van der Waals surface area contributed by atoms with Gasteiger partial charge in [-0.15, -0.1) is 0 Å². The monoisotopic (exact) mass is 427 g/mol. The molecule has 1 aromatic rings. The molecule has 0 radical (unpaired) electrons. The Morgan fingerprint density at radius 2 is 1.87 bits per heavy atom. The summed E-state index contributed by atoms with van der Waals surface area (Å²) in [5, 5.41) is 6.32. The number of hydrogen-bond donors (Lipinski definition) is 2. The average Bonchev–Trinajstić information content (AvgIpc) is 3.36. The van der Waals surface area contributed by atoms with E-state index in [0.29, 0.717) is 30.9 Å². The highest BCUT2D eigenvalue weighted by molar-refractivity contribution is 5.99. The van der Waals surface area contributed by atoms with Crippen LogP contribution >= 0.6 is 0 Å². The summed E-state index contributed by atoms with van der Waals surface area (Å²) in [5.74, 6) is 0.285. The number of amides is 2. The smallest absolute Gasteiger partial charge is 0.251 e. The normalized spacial score (nSPS) is 25.0. The van der Waals surface area contributed by atoms with E-state index in [1.165, 1.54) is 5.56 Å². The third-order valence-corrected chi connectivity index (χ3v) is 6.69. The molecule has 3 heterocycles. The molecule has 3 fully saturated rings. The van der Waals surface area contributed by atoms with Crippen molar-refractivity contribution in [2.45, 2.75) is 63.6 Å². The van der Waals surface area contributed by atoms with Crippen LogP contribution in [0.2, 0.25) is 0 Å². The van der Waals surface area contributed by atoms with E-state index >= 15 is 0 Å². The minimum Gasteiger partial charge on any atom is -0.368 e. The topological polar surface area (TPSA) is 87.7 Å². The lowest BCUT2D eigenvalue weighted by Gasteiger charge is -2.28. The van der Waals surface area contributed by atoms with Crippen LogP contribution in [0.15, 0.2) is 24.3 Å². The van der Waals surface area contributed by atoms with Gasteiger partial charge >= 0.3 is 0 Å². The summed E-state index contributed by atoms with van der Waals surface area (Å²) < 4.78 is 5.51. The highest BCUT2D eigenvalue weighted by Gasteiger charge is 2.48. The average molecular weight is 428 g/mol. The lowest BCUT2D eigenvalue weighted by Crippen LogP contribution is -2.52. The van der Waals surface area contributed by atoms with Crippen LogP contribution in [0.3, 0.4) is 0 Å². The van der Waals surface area contributed by atoms with Crippen molar-refractivity contribution in [1.82, 2.24) is 15.5 Å². The first-order valence-corrected chi connectivity index (χ1v) is 11.5. The number of likely N-dealkylation sites (tertiary alicyclic amines) is 1. The van der Waals surface area contributed by atoms with Crippen molar-refractivity contribution in [3.05, 3.63) is 35.4 Å². The molecular weight excluding hydrogens is 394 g/mol. The van der Waals surface area contributed by atoms with E-state index in [1.807, 2.05) is 38.1 Å². The van der Waals surface area contributed by atoms with Gasteiger partial charge in [0.2, 0.25) is 5.91 Å². The highest BCUT2D eigenvalue weighted by Crippen LogP contribution is 2.28. The molecule has 0 saturated carbocycles. The summed E-state index contributed by atoms with van der Waals surface area (Å²) >= 11 is 0. The largest absolute Gasteiger partial charge is 0.368 e. The molecule has 1 aromatic carbocycles. The second-order valence-corrected chi connectivity index (χ2v) is 9.38. The van der Waals surface area contributed by atoms with E-state index in [0.717, 1.165) is 25.9 Å². The lowest BCUT2D eigenvalue weighted by molar-refractivity contribution is -0.138. The molecular formula is C24H33N3O4. The third-order valence-electron chi connectivity index (χ3n) is 6.69. The number of piperidine rings is 1. The molecule has 31 heavy (non-hydrogen) atoms. The molecule has 0 aliphatic carbocycles. The standard InChI is InChI=1S/C24H33N3O4/c1-15(2)13-19(24(30)27-12-9-21-22(27)20(28)14-31-21)26-23(29)18-5-3-16(4-6-18)17-7-10-25-11-8-17/h3-6,15,17,19,21-22,25H,7-14H2,1-2H3,(H,26,29)/t19-,21+,22+/m0/s1. The van der Waals surface area contributed by atoms with Crippen LogP contribution in [0, 0.1) is 5.92 Å². The number of carbonyl (C=O) groups excluding carboxylic acids is 3. The van der Waals surface area contributed by atoms with Gasteiger partial charge in [-0.1, -0.05) is 26.0 Å². The Bertz CT molecular complexity index is 817. The van der Waals surface area contributed by atoms with Crippen LogP contribution in [0.1, 0.15) is 61.4 Å². The number of rotatable bonds is 6. The summed E-state index contributed by atoms with van der Waals surface area (Å²) in [4.78, 5) is 40.1. The van der Waals surface area contributed by atoms with E-state index in [9.17, 15) is 14.4 Å². The Kier molecular flexibility index (Phi) is 6.72. The molecule has 168 valence electrons. The van der Waals surface area contributed by atoms with Gasteiger partial charge in [0.1, 0.15) is 18.7 Å². The molecule has 0 spiro atoms. The van der Waals surface area contributed by atoms with Gasteiger partial charge in [0.15, 0.2) is 5.78 Å². The number of carbonyl (C=O) groups is 3. The van der Waals surface area contributed by atoms with Crippen LogP contribution < -0.4 is 10.6 Å². The van der Waals surface area contributed by atoms with Crippen molar-refractivity contribution in [3.63, 3.8) is 0 Å². The SMILES string of the molecule is CC(C)C[C@H](NC(=O)c1ccc(C2CCNCC2)cc1)C(=O)N1CC[C@H]2OCC(=O)[C@H]21. The summed E-state index contributed by atoms with van der Waals surface area (Å²) in [6.45, 7) is 6.67. The first kappa shape index (κ1) is 22.0. The fraction of sp³-hybridized carbons (Fsp3) is 0.625. The molecule has 0 aromatic heterocycles. The quantitative estimate of drug-likeness (QED) is 0.724. The van der Waals surface area contributed by atoms with Crippen molar-refractivity contribution in [1.29, 1.82) is 0 Å². The van der Waals surface area contributed by atoms with Crippen molar-refractivity contribution in [2.24, 2.45) is 5.92 Å². The zero-order chi connectivity index (χ0) is 22.0. The van der Waals surface area contributed by atoms with Gasteiger partial charge < -0.3 is 20.3 Å². The molecule has 3 saturated heterocycles. The third kappa shape index (κ3) is 4.83. The van der Waals surface area contributed by atoms with Gasteiger partial charge in [-0.2, -0.15) is 0 Å². The van der Waals surface area contributed by atoms with Crippen molar-refractivity contribution in [2.75, 3.05) is 26.2 Å². The Hall–Kier alpha value is -2.25. The van der Waals surface area contributed by atoms with Crippen molar-refractivity contribution < 1.29 is 19.1 Å². The first-order valence-electron chi connectivity index (χ1n) is 11.5. The molecule has 3 aliphatic rings. The zero-order valence-corrected chi connectivity index (χ0v) is 18.4. The molecule has 7 nitrogen and oxygen atoms in total. The van der Waals surface area contributed by atoms with Gasteiger partial charge in [0, 0.05) is 12.1 Å². The molecule has 3 aliphatic heterocycles. The van der Waals surface area contributed by atoms with Crippen LogP contribution in [0.25, 0.3) is 0 Å². The fourth-order valence-electron chi connectivity index (χ4n) is 5.04. The van der Waals surface area contributed by atoms with Gasteiger partial charge in [-0.3, -0.25) is 14.4 Å². The van der Waals surface area contributed by atoms with Gasteiger partial charge in [0.25, 0.3) is 5.91 Å². The zero-order valence-electron chi connectivity index (χ0n) is 18.4. The maximum absolute atomic E-state index is 13.3. The molecule has 3 atom stereocenters. The second-order valence-electron chi connectivity index (χ2n) is 9.38. The summed E-state index contributed by atoms with van der Waals surface area (Å²) in [6, 6.07) is 6.62. The van der Waals surface area contributed by atoms with E-state index < -0.39 is 12.1 Å². The van der Waals surface area contributed by atoms with Crippen LogP contribution in [-0.2, 0) is 14.3 Å². The van der Waals surface area contributed by atoms with E-state index in [1.54, 1.807) is 4.90 Å². The van der Waals surface area contributed by atoms with Crippen LogP contribution in [-0.4, -0.2) is 66.9 Å². The number of ketones is 1. The Morgan fingerprint density at radius 3 is 2.55 bits per heavy atom. The number of hydrogen-bond acceptors (Lipinski definition) is 5. The predicted octanol–water partition coefficient (Wildman–Crippen LogP) is 1.87. The van der Waals surface area contributed by atoms with Gasteiger partial charge in [-0.25, -0.2) is 0 Å². The first-order chi connectivity index (χ1) is 14.9. The molecule has 7 heteroatoms. The Balaban J connectivity index is 1.44. The maximum atomic E-state index is 13.3. The minimum absolute atomic E-state index is 0.0426. The molecule has 0 unspecified atom stereocenters.